The third kappa shape index (κ3) is 8.96. The number of carbonyl (C=O) groups excluding carboxylic acids is 1. The van der Waals surface area contributed by atoms with Gasteiger partial charge in [0.1, 0.15) is 5.76 Å². The van der Waals surface area contributed by atoms with Crippen molar-refractivity contribution >= 4 is 13.8 Å². The van der Waals surface area contributed by atoms with E-state index in [1.54, 1.807) is 13.8 Å². The lowest BCUT2D eigenvalue weighted by Gasteiger charge is -2.36. The molecule has 7 heteroatoms. The van der Waals surface area contributed by atoms with Gasteiger partial charge >= 0.3 is 13.8 Å². The minimum absolute atomic E-state index is 0.187. The van der Waals surface area contributed by atoms with Crippen molar-refractivity contribution in [1.82, 2.24) is 0 Å². The molecule has 1 aliphatic carbocycles. The van der Waals surface area contributed by atoms with Gasteiger partial charge in [-0.25, -0.2) is 9.36 Å². The summed E-state index contributed by atoms with van der Waals surface area (Å²) in [6, 6.07) is 0. The molecule has 0 bridgehead atoms. The van der Waals surface area contributed by atoms with Crippen LogP contribution in [0.25, 0.3) is 0 Å². The zero-order valence-electron chi connectivity index (χ0n) is 20.4. The van der Waals surface area contributed by atoms with Crippen LogP contribution in [0.15, 0.2) is 34.6 Å². The van der Waals surface area contributed by atoms with E-state index in [1.807, 2.05) is 0 Å². The molecule has 178 valence electrons. The highest BCUT2D eigenvalue weighted by atomic mass is 31.2. The molecule has 1 rings (SSSR count). The lowest BCUT2D eigenvalue weighted by Crippen LogP contribution is -2.31. The van der Waals surface area contributed by atoms with Crippen LogP contribution in [-0.4, -0.2) is 26.3 Å². The Bertz CT molecular complexity index is 722. The van der Waals surface area contributed by atoms with E-state index in [1.165, 1.54) is 18.3 Å². The summed E-state index contributed by atoms with van der Waals surface area (Å²) in [5, 5.41) is 0. The van der Waals surface area contributed by atoms with Crippen molar-refractivity contribution < 1.29 is 27.7 Å². The van der Waals surface area contributed by atoms with E-state index < -0.39 is 19.2 Å². The van der Waals surface area contributed by atoms with E-state index >= 15 is 0 Å². The fraction of sp³-hybridized carbons (Fsp3) is 0.708. The second-order valence-corrected chi connectivity index (χ2v) is 10.1. The van der Waals surface area contributed by atoms with Gasteiger partial charge in [-0.2, -0.15) is 0 Å². The molecular formula is C24H41O6P. The Morgan fingerprint density at radius 2 is 1.74 bits per heavy atom. The minimum Gasteiger partial charge on any atom is -0.466 e. The molecule has 0 amide bonds. The Labute approximate surface area is 188 Å². The highest BCUT2D eigenvalue weighted by Gasteiger charge is 2.42. The topological polar surface area (TPSA) is 71.1 Å². The van der Waals surface area contributed by atoms with Gasteiger partial charge in [-0.3, -0.25) is 9.05 Å². The molecule has 0 aromatic carbocycles. The zero-order chi connectivity index (χ0) is 23.5. The van der Waals surface area contributed by atoms with Crippen LogP contribution in [0.2, 0.25) is 0 Å². The molecule has 0 radical (unpaired) electrons. The summed E-state index contributed by atoms with van der Waals surface area (Å²) in [7, 11) is -2.42. The van der Waals surface area contributed by atoms with Gasteiger partial charge in [-0.1, -0.05) is 30.2 Å². The summed E-state index contributed by atoms with van der Waals surface area (Å²) in [6.07, 6.45) is 10.4. The van der Waals surface area contributed by atoms with Gasteiger partial charge in [0.05, 0.1) is 25.9 Å². The van der Waals surface area contributed by atoms with Gasteiger partial charge in [0.2, 0.25) is 0 Å². The molecule has 1 atom stereocenters. The first-order chi connectivity index (χ1) is 14.6. The Morgan fingerprint density at radius 1 is 1.10 bits per heavy atom. The SMILES string of the molecule is CCOP(=O)(OCC)OC1=C(C(=O)OC)C(C)(CC/C=C(/C)CCC=C(C)C)CCC1. The lowest BCUT2D eigenvalue weighted by atomic mass is 9.70. The molecule has 0 fully saturated rings. The second-order valence-electron chi connectivity index (χ2n) is 8.49. The molecule has 6 nitrogen and oxygen atoms in total. The van der Waals surface area contributed by atoms with E-state index in [-0.39, 0.29) is 13.2 Å². The van der Waals surface area contributed by atoms with E-state index in [0.717, 1.165) is 38.5 Å². The zero-order valence-corrected chi connectivity index (χ0v) is 21.3. The fourth-order valence-electron chi connectivity index (χ4n) is 3.90. The molecule has 0 saturated heterocycles. The van der Waals surface area contributed by atoms with Crippen molar-refractivity contribution in [2.45, 2.75) is 86.5 Å². The summed E-state index contributed by atoms with van der Waals surface area (Å²) in [5.74, 6) is -0.0731. The summed E-state index contributed by atoms with van der Waals surface area (Å²) < 4.78 is 34.3. The Balaban J connectivity index is 3.08. The predicted molar refractivity (Wildman–Crippen MR) is 125 cm³/mol. The van der Waals surface area contributed by atoms with Crippen LogP contribution in [0, 0.1) is 5.41 Å². The van der Waals surface area contributed by atoms with Crippen molar-refractivity contribution in [3.05, 3.63) is 34.6 Å². The Morgan fingerprint density at radius 3 is 2.29 bits per heavy atom. The number of rotatable bonds is 13. The molecule has 0 aliphatic heterocycles. The average Bonchev–Trinajstić information content (AvgIpc) is 2.67. The maximum absolute atomic E-state index is 12.9. The van der Waals surface area contributed by atoms with Crippen LogP contribution in [-0.2, 0) is 27.7 Å². The Kier molecular flexibility index (Phi) is 11.8. The van der Waals surface area contributed by atoms with Gasteiger partial charge in [0, 0.05) is 11.8 Å². The minimum atomic E-state index is -3.78. The number of esters is 1. The van der Waals surface area contributed by atoms with Gasteiger partial charge < -0.3 is 9.26 Å². The maximum Gasteiger partial charge on any atom is 0.529 e. The number of ether oxygens (including phenoxy) is 1. The molecule has 0 aromatic rings. The quantitative estimate of drug-likeness (QED) is 0.165. The molecular weight excluding hydrogens is 415 g/mol. The van der Waals surface area contributed by atoms with Crippen molar-refractivity contribution in [2.75, 3.05) is 20.3 Å². The number of carbonyl (C=O) groups is 1. The first kappa shape index (κ1) is 27.7. The number of allylic oxidation sites excluding steroid dienone is 5. The van der Waals surface area contributed by atoms with E-state index in [4.69, 9.17) is 18.3 Å². The van der Waals surface area contributed by atoms with Gasteiger partial charge in [0.15, 0.2) is 0 Å². The van der Waals surface area contributed by atoms with E-state index in [0.29, 0.717) is 17.8 Å². The number of hydrogen-bond donors (Lipinski definition) is 0. The first-order valence-corrected chi connectivity index (χ1v) is 12.8. The summed E-state index contributed by atoms with van der Waals surface area (Å²) in [4.78, 5) is 12.7. The van der Waals surface area contributed by atoms with Crippen LogP contribution in [0.1, 0.15) is 86.5 Å². The number of phosphoric ester groups is 1. The summed E-state index contributed by atoms with van der Waals surface area (Å²) in [6.45, 7) is 12.2. The molecule has 31 heavy (non-hydrogen) atoms. The summed E-state index contributed by atoms with van der Waals surface area (Å²) >= 11 is 0. The molecule has 0 aromatic heterocycles. The van der Waals surface area contributed by atoms with Crippen LogP contribution in [0.3, 0.4) is 0 Å². The number of methoxy groups -OCH3 is 1. The third-order valence-electron chi connectivity index (χ3n) is 5.48. The van der Waals surface area contributed by atoms with Crippen molar-refractivity contribution in [3.8, 4) is 0 Å². The molecule has 0 heterocycles. The predicted octanol–water partition coefficient (Wildman–Crippen LogP) is 7.27. The fourth-order valence-corrected chi connectivity index (χ4v) is 5.16. The van der Waals surface area contributed by atoms with Crippen LogP contribution < -0.4 is 0 Å². The first-order valence-electron chi connectivity index (χ1n) is 11.3. The average molecular weight is 457 g/mol. The molecule has 0 spiro atoms. The number of phosphoric acid groups is 1. The molecule has 1 aliphatic rings. The molecule has 0 N–H and O–H groups in total. The highest BCUT2D eigenvalue weighted by molar-refractivity contribution is 7.48. The molecule has 1 unspecified atom stereocenters. The number of hydrogen-bond acceptors (Lipinski definition) is 6. The van der Waals surface area contributed by atoms with E-state index in [9.17, 15) is 9.36 Å². The van der Waals surface area contributed by atoms with Crippen molar-refractivity contribution in [3.63, 3.8) is 0 Å². The lowest BCUT2D eigenvalue weighted by molar-refractivity contribution is -0.138. The molecule has 0 saturated carbocycles. The highest BCUT2D eigenvalue weighted by Crippen LogP contribution is 2.55. The van der Waals surface area contributed by atoms with Crippen LogP contribution in [0.5, 0.6) is 0 Å². The van der Waals surface area contributed by atoms with Crippen LogP contribution >= 0.6 is 7.82 Å². The monoisotopic (exact) mass is 456 g/mol. The van der Waals surface area contributed by atoms with Crippen LogP contribution in [0.4, 0.5) is 0 Å². The maximum atomic E-state index is 12.9. The van der Waals surface area contributed by atoms with Crippen molar-refractivity contribution in [1.29, 1.82) is 0 Å². The second kappa shape index (κ2) is 13.2. The largest absolute Gasteiger partial charge is 0.529 e. The van der Waals surface area contributed by atoms with Gasteiger partial charge in [-0.15, -0.1) is 0 Å². The standard InChI is InChI=1S/C24H41O6P/c1-8-28-31(26,29-9-2)30-21-16-12-18-24(6,22(21)23(25)27-7)17-11-15-20(5)14-10-13-19(3)4/h13,15H,8-12,14,16-18H2,1-7H3/b20-15-. The smallest absolute Gasteiger partial charge is 0.466 e. The third-order valence-corrected chi connectivity index (χ3v) is 7.07. The summed E-state index contributed by atoms with van der Waals surface area (Å²) in [5.41, 5.74) is 2.70. The van der Waals surface area contributed by atoms with Crippen molar-refractivity contribution in [2.24, 2.45) is 5.41 Å². The van der Waals surface area contributed by atoms with E-state index in [2.05, 4.69) is 39.8 Å². The normalized spacial score (nSPS) is 19.9. The van der Waals surface area contributed by atoms with Gasteiger partial charge in [0.25, 0.3) is 0 Å². The van der Waals surface area contributed by atoms with Gasteiger partial charge in [-0.05, 0) is 73.1 Å². The Hall–Kier alpha value is -1.36.